The monoisotopic (exact) mass is 244 g/mol. The van der Waals surface area contributed by atoms with E-state index in [2.05, 4.69) is 35.8 Å². The molecule has 98 valence electrons. The summed E-state index contributed by atoms with van der Waals surface area (Å²) in [6, 6.07) is 11.3. The first kappa shape index (κ1) is 12.2. The fourth-order valence-corrected chi connectivity index (χ4v) is 4.00. The van der Waals surface area contributed by atoms with Gasteiger partial charge in [-0.05, 0) is 49.0 Å². The Bertz CT molecular complexity index is 364. The summed E-state index contributed by atoms with van der Waals surface area (Å²) in [5.41, 5.74) is 4.52. The molecule has 2 saturated carbocycles. The van der Waals surface area contributed by atoms with E-state index in [0.29, 0.717) is 6.04 Å². The van der Waals surface area contributed by atoms with Crippen molar-refractivity contribution in [3.8, 4) is 0 Å². The molecule has 3 atom stereocenters. The third-order valence-corrected chi connectivity index (χ3v) is 4.99. The molecule has 1 aromatic carbocycles. The van der Waals surface area contributed by atoms with E-state index >= 15 is 0 Å². The molecule has 2 aliphatic rings. The summed E-state index contributed by atoms with van der Waals surface area (Å²) in [6.07, 6.45) is 8.09. The van der Waals surface area contributed by atoms with Gasteiger partial charge in [-0.3, -0.25) is 11.3 Å². The third-order valence-electron chi connectivity index (χ3n) is 4.99. The molecule has 0 amide bonds. The Hall–Kier alpha value is -0.860. The van der Waals surface area contributed by atoms with Crippen LogP contribution in [0.15, 0.2) is 30.3 Å². The number of benzene rings is 1. The highest BCUT2D eigenvalue weighted by molar-refractivity contribution is 5.15. The predicted molar refractivity (Wildman–Crippen MR) is 74.8 cm³/mol. The number of hydrazine groups is 1. The number of hydrogen-bond donors (Lipinski definition) is 2. The van der Waals surface area contributed by atoms with Crippen LogP contribution in [-0.4, -0.2) is 6.04 Å². The highest BCUT2D eigenvalue weighted by atomic mass is 15.2. The summed E-state index contributed by atoms with van der Waals surface area (Å²) >= 11 is 0. The Labute approximate surface area is 110 Å². The Kier molecular flexibility index (Phi) is 3.67. The maximum absolute atomic E-state index is 5.78. The van der Waals surface area contributed by atoms with Gasteiger partial charge in [0, 0.05) is 6.04 Å². The van der Waals surface area contributed by atoms with Crippen molar-refractivity contribution >= 4 is 0 Å². The fraction of sp³-hybridized carbons (Fsp3) is 0.625. The van der Waals surface area contributed by atoms with Gasteiger partial charge in [0.15, 0.2) is 0 Å². The lowest BCUT2D eigenvalue weighted by atomic mass is 10.0. The molecule has 18 heavy (non-hydrogen) atoms. The molecule has 2 nitrogen and oxygen atoms in total. The van der Waals surface area contributed by atoms with E-state index in [0.717, 1.165) is 24.2 Å². The minimum atomic E-state index is 0.526. The van der Waals surface area contributed by atoms with Gasteiger partial charge in [0.25, 0.3) is 0 Å². The first-order valence-corrected chi connectivity index (χ1v) is 7.40. The van der Waals surface area contributed by atoms with Gasteiger partial charge in [0.1, 0.15) is 0 Å². The molecule has 0 bridgehead atoms. The number of aryl methyl sites for hydroxylation is 1. The molecular formula is C16H24N2. The van der Waals surface area contributed by atoms with E-state index in [1.807, 2.05) is 0 Å². The summed E-state index contributed by atoms with van der Waals surface area (Å²) in [6.45, 7) is 0. The van der Waals surface area contributed by atoms with Gasteiger partial charge in [-0.25, -0.2) is 0 Å². The first-order valence-electron chi connectivity index (χ1n) is 7.40. The van der Waals surface area contributed by atoms with Gasteiger partial charge in [0.05, 0.1) is 0 Å². The molecule has 2 fully saturated rings. The number of fused-ring (bicyclic) bond motifs is 1. The van der Waals surface area contributed by atoms with Crippen LogP contribution in [0.3, 0.4) is 0 Å². The molecule has 2 aliphatic carbocycles. The second kappa shape index (κ2) is 5.41. The second-order valence-electron chi connectivity index (χ2n) is 5.99. The van der Waals surface area contributed by atoms with Crippen molar-refractivity contribution in [2.24, 2.45) is 23.6 Å². The lowest BCUT2D eigenvalue weighted by Crippen LogP contribution is -2.38. The highest BCUT2D eigenvalue weighted by Crippen LogP contribution is 2.57. The van der Waals surface area contributed by atoms with Crippen LogP contribution in [0.1, 0.15) is 37.7 Å². The van der Waals surface area contributed by atoms with Crippen LogP contribution in [0.25, 0.3) is 0 Å². The molecule has 3 rings (SSSR count). The van der Waals surface area contributed by atoms with Gasteiger partial charge < -0.3 is 0 Å². The fourth-order valence-electron chi connectivity index (χ4n) is 4.00. The summed E-state index contributed by atoms with van der Waals surface area (Å²) in [7, 11) is 0. The van der Waals surface area contributed by atoms with Crippen molar-refractivity contribution < 1.29 is 0 Å². The molecule has 0 spiro atoms. The number of rotatable bonds is 5. The molecule has 0 heterocycles. The molecule has 0 saturated heterocycles. The van der Waals surface area contributed by atoms with Crippen molar-refractivity contribution in [3.63, 3.8) is 0 Å². The van der Waals surface area contributed by atoms with E-state index in [1.54, 1.807) is 0 Å². The lowest BCUT2D eigenvalue weighted by molar-refractivity contribution is 0.414. The third kappa shape index (κ3) is 2.45. The lowest BCUT2D eigenvalue weighted by Gasteiger charge is -2.16. The Morgan fingerprint density at radius 2 is 1.78 bits per heavy atom. The van der Waals surface area contributed by atoms with Crippen molar-refractivity contribution in [2.75, 3.05) is 0 Å². The molecule has 0 radical (unpaired) electrons. The maximum atomic E-state index is 5.78. The standard InChI is InChI=1S/C16H24N2/c17-18-15(11-10-12-6-2-1-3-7-12)16-13-8-4-5-9-14(13)16/h1-3,6-7,13-16,18H,4-5,8-11,17H2. The predicted octanol–water partition coefficient (Wildman–Crippen LogP) is 2.89. The van der Waals surface area contributed by atoms with Gasteiger partial charge in [-0.1, -0.05) is 43.2 Å². The summed E-state index contributed by atoms with van der Waals surface area (Å²) in [5.74, 6) is 8.61. The molecule has 2 heteroatoms. The van der Waals surface area contributed by atoms with Gasteiger partial charge >= 0.3 is 0 Å². The summed E-state index contributed by atoms with van der Waals surface area (Å²) < 4.78 is 0. The zero-order valence-corrected chi connectivity index (χ0v) is 11.0. The maximum Gasteiger partial charge on any atom is 0.0247 e. The zero-order chi connectivity index (χ0) is 12.4. The average molecular weight is 244 g/mol. The van der Waals surface area contributed by atoms with Crippen molar-refractivity contribution in [3.05, 3.63) is 35.9 Å². The van der Waals surface area contributed by atoms with Gasteiger partial charge in [-0.2, -0.15) is 0 Å². The van der Waals surface area contributed by atoms with Crippen molar-refractivity contribution in [1.82, 2.24) is 5.43 Å². The van der Waals surface area contributed by atoms with Crippen LogP contribution >= 0.6 is 0 Å². The van der Waals surface area contributed by atoms with Crippen LogP contribution in [0.5, 0.6) is 0 Å². The molecule has 0 aliphatic heterocycles. The Morgan fingerprint density at radius 3 is 2.39 bits per heavy atom. The van der Waals surface area contributed by atoms with Crippen molar-refractivity contribution in [2.45, 2.75) is 44.6 Å². The first-order chi connectivity index (χ1) is 8.90. The molecule has 0 aromatic heterocycles. The van der Waals surface area contributed by atoms with E-state index in [4.69, 9.17) is 5.84 Å². The molecule has 3 N–H and O–H groups in total. The quantitative estimate of drug-likeness (QED) is 0.617. The molecular weight excluding hydrogens is 220 g/mol. The molecule has 3 unspecified atom stereocenters. The van der Waals surface area contributed by atoms with Crippen LogP contribution < -0.4 is 11.3 Å². The van der Waals surface area contributed by atoms with Crippen molar-refractivity contribution in [1.29, 1.82) is 0 Å². The average Bonchev–Trinajstić information content (AvgIpc) is 3.15. The Morgan fingerprint density at radius 1 is 1.11 bits per heavy atom. The van der Waals surface area contributed by atoms with Crippen LogP contribution in [0.2, 0.25) is 0 Å². The smallest absolute Gasteiger partial charge is 0.0247 e. The minimum Gasteiger partial charge on any atom is -0.271 e. The second-order valence-corrected chi connectivity index (χ2v) is 5.99. The van der Waals surface area contributed by atoms with Gasteiger partial charge in [0.2, 0.25) is 0 Å². The number of nitrogens with two attached hydrogens (primary N) is 1. The van der Waals surface area contributed by atoms with Gasteiger partial charge in [-0.15, -0.1) is 0 Å². The Balaban J connectivity index is 1.54. The van der Waals surface area contributed by atoms with Crippen LogP contribution in [0.4, 0.5) is 0 Å². The van der Waals surface area contributed by atoms with Crippen LogP contribution in [0, 0.1) is 17.8 Å². The summed E-state index contributed by atoms with van der Waals surface area (Å²) in [5, 5.41) is 0. The summed E-state index contributed by atoms with van der Waals surface area (Å²) in [4.78, 5) is 0. The normalized spacial score (nSPS) is 31.7. The largest absolute Gasteiger partial charge is 0.271 e. The SMILES string of the molecule is NNC(CCc1ccccc1)C1C2CCCCC21. The highest BCUT2D eigenvalue weighted by Gasteiger charge is 2.53. The topological polar surface area (TPSA) is 38.0 Å². The van der Waals surface area contributed by atoms with Crippen LogP contribution in [-0.2, 0) is 6.42 Å². The number of nitrogens with one attached hydrogen (secondary N) is 1. The number of hydrogen-bond acceptors (Lipinski definition) is 2. The minimum absolute atomic E-state index is 0.526. The van der Waals surface area contributed by atoms with E-state index in [1.165, 1.54) is 37.7 Å². The van der Waals surface area contributed by atoms with E-state index in [9.17, 15) is 0 Å². The van der Waals surface area contributed by atoms with E-state index in [-0.39, 0.29) is 0 Å². The molecule has 1 aromatic rings. The van der Waals surface area contributed by atoms with E-state index < -0.39 is 0 Å². The zero-order valence-electron chi connectivity index (χ0n) is 11.0.